The Balaban J connectivity index is 1.98. The van der Waals surface area contributed by atoms with Gasteiger partial charge in [0.2, 0.25) is 0 Å². The van der Waals surface area contributed by atoms with Gasteiger partial charge in [-0.2, -0.15) is 18.2 Å². The maximum absolute atomic E-state index is 13.2. The monoisotopic (exact) mass is 465 g/mol. The molecule has 32 heavy (non-hydrogen) atoms. The predicted octanol–water partition coefficient (Wildman–Crippen LogP) is 0.489. The van der Waals surface area contributed by atoms with Gasteiger partial charge in [-0.15, -0.1) is 0 Å². The van der Waals surface area contributed by atoms with E-state index in [0.29, 0.717) is 6.07 Å². The van der Waals surface area contributed by atoms with Gasteiger partial charge in [0.15, 0.2) is 6.23 Å². The quantitative estimate of drug-likeness (QED) is 0.477. The van der Waals surface area contributed by atoms with Crippen LogP contribution in [0.5, 0.6) is 0 Å². The summed E-state index contributed by atoms with van der Waals surface area (Å²) < 4.78 is 45.6. The third-order valence-corrected chi connectivity index (χ3v) is 5.86. The molecule has 0 radical (unpaired) electrons. The second-order valence-electron chi connectivity index (χ2n) is 7.75. The zero-order valence-corrected chi connectivity index (χ0v) is 17.4. The minimum atomic E-state index is -4.67. The van der Waals surface area contributed by atoms with Crippen molar-refractivity contribution in [3.63, 3.8) is 0 Å². The van der Waals surface area contributed by atoms with Gasteiger partial charge in [0.25, 0.3) is 0 Å². The van der Waals surface area contributed by atoms with Crippen molar-refractivity contribution < 1.29 is 48.0 Å². The van der Waals surface area contributed by atoms with Gasteiger partial charge in [-0.05, 0) is 25.0 Å². The number of amides is 2. The Bertz CT molecular complexity index is 813. The number of ether oxygens (including phenoxy) is 1. The van der Waals surface area contributed by atoms with Gasteiger partial charge in [-0.1, -0.05) is 6.92 Å². The van der Waals surface area contributed by atoms with E-state index in [1.165, 1.54) is 7.11 Å². The first-order valence-corrected chi connectivity index (χ1v) is 10.0. The standard InChI is InChI=1S/C19H26F3N3O7/c1-3-11-17(32-12-6-9(8-26)14(27)16(29)15(12)28)24(18(30)25(11)31-2)13-7-10(4-5-23-13)19(20,21)22/h4-5,7,9,11-12,14-17,26-29H,3,6,8H2,1-2H3/t9-,11+,12+,14-,15+,16+,17+/m1/s1. The van der Waals surface area contributed by atoms with Crippen LogP contribution in [0.25, 0.3) is 0 Å². The van der Waals surface area contributed by atoms with E-state index in [-0.39, 0.29) is 18.7 Å². The summed E-state index contributed by atoms with van der Waals surface area (Å²) in [5.41, 5.74) is -1.02. The normalized spacial score (nSPS) is 33.8. The average Bonchev–Trinajstić information content (AvgIpc) is 3.03. The van der Waals surface area contributed by atoms with Crippen molar-refractivity contribution in [2.24, 2.45) is 5.92 Å². The third-order valence-electron chi connectivity index (χ3n) is 5.86. The molecule has 7 atom stereocenters. The fourth-order valence-corrected chi connectivity index (χ4v) is 4.11. The highest BCUT2D eigenvalue weighted by Crippen LogP contribution is 2.37. The molecule has 13 heteroatoms. The molecule has 2 fully saturated rings. The topological polar surface area (TPSA) is 136 Å². The maximum atomic E-state index is 13.2. The van der Waals surface area contributed by atoms with Crippen molar-refractivity contribution in [3.05, 3.63) is 23.9 Å². The number of hydrogen-bond acceptors (Lipinski definition) is 8. The number of nitrogens with zero attached hydrogens (tertiary/aromatic N) is 3. The van der Waals surface area contributed by atoms with E-state index < -0.39 is 67.0 Å². The zero-order chi connectivity index (χ0) is 23.8. The summed E-state index contributed by atoms with van der Waals surface area (Å²) in [4.78, 5) is 22.9. The number of aliphatic hydroxyl groups is 4. The molecule has 4 N–H and O–H groups in total. The Morgan fingerprint density at radius 1 is 1.22 bits per heavy atom. The number of anilines is 1. The molecule has 2 amide bonds. The third kappa shape index (κ3) is 4.40. The highest BCUT2D eigenvalue weighted by atomic mass is 19.4. The molecule has 0 aromatic carbocycles. The van der Waals surface area contributed by atoms with Crippen LogP contribution in [0.3, 0.4) is 0 Å². The summed E-state index contributed by atoms with van der Waals surface area (Å²) >= 11 is 0. The molecule has 1 aromatic rings. The number of carbonyl (C=O) groups excluding carboxylic acids is 1. The minimum absolute atomic E-state index is 0.0616. The molecule has 180 valence electrons. The number of halogens is 3. The summed E-state index contributed by atoms with van der Waals surface area (Å²) in [7, 11) is 1.22. The van der Waals surface area contributed by atoms with Crippen LogP contribution < -0.4 is 4.90 Å². The van der Waals surface area contributed by atoms with E-state index >= 15 is 0 Å². The van der Waals surface area contributed by atoms with E-state index in [4.69, 9.17) is 9.57 Å². The lowest BCUT2D eigenvalue weighted by molar-refractivity contribution is -0.200. The van der Waals surface area contributed by atoms with E-state index in [1.807, 2.05) is 0 Å². The van der Waals surface area contributed by atoms with Gasteiger partial charge in [0.1, 0.15) is 24.1 Å². The van der Waals surface area contributed by atoms with Crippen LogP contribution in [0.15, 0.2) is 18.3 Å². The van der Waals surface area contributed by atoms with Crippen molar-refractivity contribution in [1.82, 2.24) is 10.0 Å². The number of rotatable bonds is 6. The van der Waals surface area contributed by atoms with Gasteiger partial charge in [-0.25, -0.2) is 14.7 Å². The lowest BCUT2D eigenvalue weighted by atomic mass is 9.81. The predicted molar refractivity (Wildman–Crippen MR) is 102 cm³/mol. The summed E-state index contributed by atoms with van der Waals surface area (Å²) in [6, 6.07) is -0.139. The largest absolute Gasteiger partial charge is 0.416 e. The first kappa shape index (κ1) is 24.6. The second-order valence-corrected chi connectivity index (χ2v) is 7.75. The molecule has 10 nitrogen and oxygen atoms in total. The second kappa shape index (κ2) is 9.45. The number of hydroxylamine groups is 2. The number of pyridine rings is 1. The Labute approximate surface area is 181 Å². The van der Waals surface area contributed by atoms with E-state index in [9.17, 15) is 38.4 Å². The molecule has 2 heterocycles. The molecule has 0 unspecified atom stereocenters. The number of alkyl halides is 3. The molecular weight excluding hydrogens is 439 g/mol. The van der Waals surface area contributed by atoms with Gasteiger partial charge < -0.3 is 25.2 Å². The smallest absolute Gasteiger partial charge is 0.396 e. The van der Waals surface area contributed by atoms with E-state index in [0.717, 1.165) is 22.2 Å². The van der Waals surface area contributed by atoms with Gasteiger partial charge in [0.05, 0.1) is 24.9 Å². The number of urea groups is 1. The minimum Gasteiger partial charge on any atom is -0.396 e. The van der Waals surface area contributed by atoms with Crippen LogP contribution in [-0.2, 0) is 15.8 Å². The summed E-state index contributed by atoms with van der Waals surface area (Å²) in [5.74, 6) is -1.15. The summed E-state index contributed by atoms with van der Waals surface area (Å²) in [5, 5.41) is 41.0. The van der Waals surface area contributed by atoms with Crippen LogP contribution in [0.4, 0.5) is 23.8 Å². The van der Waals surface area contributed by atoms with Crippen molar-refractivity contribution in [3.8, 4) is 0 Å². The lowest BCUT2D eigenvalue weighted by Gasteiger charge is -2.41. The Morgan fingerprint density at radius 2 is 1.91 bits per heavy atom. The molecular formula is C19H26F3N3O7. The average molecular weight is 465 g/mol. The van der Waals surface area contributed by atoms with Crippen LogP contribution in [0, 0.1) is 5.92 Å². The molecule has 1 saturated carbocycles. The Morgan fingerprint density at radius 3 is 2.47 bits per heavy atom. The summed E-state index contributed by atoms with van der Waals surface area (Å²) in [6.07, 6.45) is -10.5. The molecule has 2 aliphatic rings. The van der Waals surface area contributed by atoms with Gasteiger partial charge >= 0.3 is 12.2 Å². The molecule has 1 aromatic heterocycles. The molecule has 3 rings (SSSR count). The highest BCUT2D eigenvalue weighted by molar-refractivity contribution is 5.93. The SMILES string of the molecule is CC[C@H]1[C@H](O[C@H]2C[C@H](CO)[C@@H](O)[C@H](O)[C@H]2O)N(c2cc(C(F)(F)F)ccn2)C(=O)N1OC. The number of carbonyl (C=O) groups is 1. The Hall–Kier alpha value is -2.03. The molecule has 0 spiro atoms. The summed E-state index contributed by atoms with van der Waals surface area (Å²) in [6.45, 7) is 1.21. The van der Waals surface area contributed by atoms with E-state index in [2.05, 4.69) is 4.98 Å². The fraction of sp³-hybridized carbons (Fsp3) is 0.684. The van der Waals surface area contributed by atoms with Crippen molar-refractivity contribution in [2.75, 3.05) is 18.6 Å². The van der Waals surface area contributed by atoms with Crippen molar-refractivity contribution in [2.45, 2.75) is 62.6 Å². The van der Waals surface area contributed by atoms with E-state index in [1.54, 1.807) is 6.92 Å². The number of aromatic nitrogens is 1. The zero-order valence-electron chi connectivity index (χ0n) is 17.4. The fourth-order valence-electron chi connectivity index (χ4n) is 4.11. The highest BCUT2D eigenvalue weighted by Gasteiger charge is 2.52. The Kier molecular flexibility index (Phi) is 7.27. The van der Waals surface area contributed by atoms with Crippen LogP contribution in [0.1, 0.15) is 25.3 Å². The van der Waals surface area contributed by atoms with Gasteiger partial charge in [-0.3, -0.25) is 4.84 Å². The van der Waals surface area contributed by atoms with Crippen LogP contribution in [-0.4, -0.2) is 86.9 Å². The van der Waals surface area contributed by atoms with Crippen LogP contribution >= 0.6 is 0 Å². The van der Waals surface area contributed by atoms with Gasteiger partial charge in [0, 0.05) is 18.7 Å². The van der Waals surface area contributed by atoms with Crippen molar-refractivity contribution >= 4 is 11.8 Å². The first-order chi connectivity index (χ1) is 15.0. The molecule has 1 aliphatic heterocycles. The van der Waals surface area contributed by atoms with Crippen molar-refractivity contribution in [1.29, 1.82) is 0 Å². The molecule has 1 aliphatic carbocycles. The first-order valence-electron chi connectivity index (χ1n) is 10.0. The van der Waals surface area contributed by atoms with Crippen LogP contribution in [0.2, 0.25) is 0 Å². The number of aliphatic hydroxyl groups excluding tert-OH is 4. The molecule has 0 bridgehead atoms. The lowest BCUT2D eigenvalue weighted by Crippen LogP contribution is -2.57. The number of hydrogen-bond donors (Lipinski definition) is 4. The molecule has 1 saturated heterocycles. The maximum Gasteiger partial charge on any atom is 0.416 e.